The second-order valence-electron chi connectivity index (χ2n) is 6.23. The number of pyridine rings is 1. The monoisotopic (exact) mass is 314 g/mol. The molecule has 1 saturated carbocycles. The Morgan fingerprint density at radius 1 is 1.26 bits per heavy atom. The maximum Gasteiger partial charge on any atom is 0.290 e. The molecule has 0 saturated heterocycles. The lowest BCUT2D eigenvalue weighted by molar-refractivity contribution is -0.132. The Morgan fingerprint density at radius 2 is 1.91 bits per heavy atom. The molecule has 1 aromatic rings. The average Bonchev–Trinajstić information content (AvgIpc) is 2.87. The molecule has 5 heteroatoms. The highest BCUT2D eigenvalue weighted by Gasteiger charge is 2.45. The molecule has 0 spiro atoms. The Labute approximate surface area is 136 Å². The van der Waals surface area contributed by atoms with Gasteiger partial charge in [0.2, 0.25) is 0 Å². The molecular weight excluding hydrogens is 292 g/mol. The number of Topliss-reactive ketones (excluding diaryl/α,β-unsaturated/α-hetero) is 1. The highest BCUT2D eigenvalue weighted by atomic mass is 16.3. The normalized spacial score (nSPS) is 22.7. The lowest BCUT2D eigenvalue weighted by Crippen LogP contribution is -2.41. The van der Waals surface area contributed by atoms with Crippen molar-refractivity contribution >= 4 is 11.7 Å². The quantitative estimate of drug-likeness (QED) is 0.927. The van der Waals surface area contributed by atoms with E-state index in [1.807, 2.05) is 12.1 Å². The summed E-state index contributed by atoms with van der Waals surface area (Å²) in [6.45, 7) is 1.75. The van der Waals surface area contributed by atoms with E-state index < -0.39 is 11.9 Å². The van der Waals surface area contributed by atoms with Crippen LogP contribution in [0.4, 0.5) is 0 Å². The van der Waals surface area contributed by atoms with Gasteiger partial charge in [0.25, 0.3) is 5.91 Å². The fourth-order valence-corrected chi connectivity index (χ4v) is 3.71. The first-order valence-corrected chi connectivity index (χ1v) is 8.34. The maximum atomic E-state index is 12.7. The number of carbonyl (C=O) groups excluding carboxylic acids is 2. The van der Waals surface area contributed by atoms with Gasteiger partial charge in [-0.2, -0.15) is 0 Å². The lowest BCUT2D eigenvalue weighted by Gasteiger charge is -2.36. The van der Waals surface area contributed by atoms with Gasteiger partial charge in [-0.3, -0.25) is 14.6 Å². The van der Waals surface area contributed by atoms with E-state index in [1.165, 1.54) is 6.42 Å². The van der Waals surface area contributed by atoms with Crippen molar-refractivity contribution in [1.29, 1.82) is 0 Å². The van der Waals surface area contributed by atoms with E-state index in [2.05, 4.69) is 4.98 Å². The maximum absolute atomic E-state index is 12.7. The van der Waals surface area contributed by atoms with Crippen LogP contribution in [0.15, 0.2) is 35.9 Å². The van der Waals surface area contributed by atoms with Crippen molar-refractivity contribution in [3.63, 3.8) is 0 Å². The smallest absolute Gasteiger partial charge is 0.290 e. The third kappa shape index (κ3) is 2.76. The predicted molar refractivity (Wildman–Crippen MR) is 85.6 cm³/mol. The van der Waals surface area contributed by atoms with Crippen molar-refractivity contribution < 1.29 is 14.7 Å². The predicted octanol–water partition coefficient (Wildman–Crippen LogP) is 3.09. The molecule has 1 amide bonds. The molecule has 2 heterocycles. The number of carbonyl (C=O) groups is 2. The molecule has 2 aliphatic rings. The van der Waals surface area contributed by atoms with Crippen LogP contribution >= 0.6 is 0 Å². The van der Waals surface area contributed by atoms with Crippen LogP contribution in [0.5, 0.6) is 0 Å². The third-order valence-corrected chi connectivity index (χ3v) is 4.86. The molecule has 122 valence electrons. The van der Waals surface area contributed by atoms with Gasteiger partial charge in [-0.25, -0.2) is 0 Å². The summed E-state index contributed by atoms with van der Waals surface area (Å²) < 4.78 is 0. The molecule has 0 bridgehead atoms. The van der Waals surface area contributed by atoms with E-state index in [0.717, 1.165) is 31.2 Å². The van der Waals surface area contributed by atoms with Gasteiger partial charge in [0.15, 0.2) is 11.5 Å². The van der Waals surface area contributed by atoms with Crippen molar-refractivity contribution in [2.75, 3.05) is 0 Å². The Bertz CT molecular complexity index is 633. The Kier molecular flexibility index (Phi) is 4.46. The number of amides is 1. The highest BCUT2D eigenvalue weighted by molar-refractivity contribution is 6.08. The second-order valence-corrected chi connectivity index (χ2v) is 6.23. The van der Waals surface area contributed by atoms with E-state index in [1.54, 1.807) is 24.2 Å². The van der Waals surface area contributed by atoms with E-state index in [9.17, 15) is 14.7 Å². The summed E-state index contributed by atoms with van der Waals surface area (Å²) in [5.41, 5.74) is 1.08. The fraction of sp³-hybridized carbons (Fsp3) is 0.500. The molecule has 1 aliphatic heterocycles. The molecule has 0 radical (unpaired) electrons. The molecule has 1 fully saturated rings. The standard InChI is InChI=1S/C18H22N2O3/c1-2-14(21)15-16(12-8-10-19-11-9-12)20(18(23)17(15)22)13-6-4-3-5-7-13/h8-11,13,16,22H,2-7H2,1H3. The number of aliphatic hydroxyl groups excluding tert-OH is 1. The lowest BCUT2D eigenvalue weighted by atomic mass is 9.90. The number of aliphatic hydroxyl groups is 1. The minimum absolute atomic E-state index is 0.0821. The number of aromatic nitrogens is 1. The summed E-state index contributed by atoms with van der Waals surface area (Å²) >= 11 is 0. The number of rotatable bonds is 4. The average molecular weight is 314 g/mol. The molecule has 1 unspecified atom stereocenters. The van der Waals surface area contributed by atoms with E-state index in [-0.39, 0.29) is 29.6 Å². The Balaban J connectivity index is 2.05. The van der Waals surface area contributed by atoms with Crippen molar-refractivity contribution in [3.05, 3.63) is 41.4 Å². The van der Waals surface area contributed by atoms with Crippen LogP contribution in [0, 0.1) is 0 Å². The molecule has 3 rings (SSSR count). The first kappa shape index (κ1) is 15.7. The van der Waals surface area contributed by atoms with Crippen LogP contribution in [0.3, 0.4) is 0 Å². The Morgan fingerprint density at radius 3 is 2.52 bits per heavy atom. The summed E-state index contributed by atoms with van der Waals surface area (Å²) in [5.74, 6) is -0.948. The third-order valence-electron chi connectivity index (χ3n) is 4.86. The van der Waals surface area contributed by atoms with Gasteiger partial charge >= 0.3 is 0 Å². The molecule has 5 nitrogen and oxygen atoms in total. The van der Waals surface area contributed by atoms with Gasteiger partial charge < -0.3 is 10.0 Å². The molecule has 1 aromatic heterocycles. The molecule has 1 aliphatic carbocycles. The van der Waals surface area contributed by atoms with Gasteiger partial charge in [0.1, 0.15) is 0 Å². The fourth-order valence-electron chi connectivity index (χ4n) is 3.71. The van der Waals surface area contributed by atoms with Gasteiger partial charge in [-0.15, -0.1) is 0 Å². The van der Waals surface area contributed by atoms with Crippen LogP contribution < -0.4 is 0 Å². The van der Waals surface area contributed by atoms with Crippen molar-refractivity contribution in [3.8, 4) is 0 Å². The van der Waals surface area contributed by atoms with Gasteiger partial charge in [0.05, 0.1) is 11.6 Å². The summed E-state index contributed by atoms with van der Waals surface area (Å²) in [7, 11) is 0. The zero-order valence-electron chi connectivity index (χ0n) is 13.4. The van der Waals surface area contributed by atoms with Crippen LogP contribution in [0.25, 0.3) is 0 Å². The summed E-state index contributed by atoms with van der Waals surface area (Å²) in [6, 6.07) is 3.23. The molecular formula is C18H22N2O3. The van der Waals surface area contributed by atoms with Gasteiger partial charge in [-0.1, -0.05) is 26.2 Å². The number of nitrogens with zero attached hydrogens (tertiary/aromatic N) is 2. The molecule has 0 aromatic carbocycles. The van der Waals surface area contributed by atoms with Crippen LogP contribution in [-0.4, -0.2) is 32.7 Å². The SMILES string of the molecule is CCC(=O)C1=C(O)C(=O)N(C2CCCCC2)C1c1ccncc1. The van der Waals surface area contributed by atoms with Crippen molar-refractivity contribution in [1.82, 2.24) is 9.88 Å². The number of hydrogen-bond donors (Lipinski definition) is 1. The second kappa shape index (κ2) is 6.52. The number of hydrogen-bond acceptors (Lipinski definition) is 4. The van der Waals surface area contributed by atoms with E-state index in [0.29, 0.717) is 0 Å². The zero-order valence-corrected chi connectivity index (χ0v) is 13.4. The first-order chi connectivity index (χ1) is 11.1. The topological polar surface area (TPSA) is 70.5 Å². The summed E-state index contributed by atoms with van der Waals surface area (Å²) in [5, 5.41) is 10.3. The first-order valence-electron chi connectivity index (χ1n) is 8.34. The Hall–Kier alpha value is -2.17. The van der Waals surface area contributed by atoms with Crippen molar-refractivity contribution in [2.24, 2.45) is 0 Å². The summed E-state index contributed by atoms with van der Waals surface area (Å²) in [4.78, 5) is 30.8. The minimum atomic E-state index is -0.485. The van der Waals surface area contributed by atoms with E-state index in [4.69, 9.17) is 0 Å². The number of ketones is 1. The van der Waals surface area contributed by atoms with E-state index >= 15 is 0 Å². The van der Waals surface area contributed by atoms with Gasteiger partial charge in [0, 0.05) is 24.9 Å². The highest BCUT2D eigenvalue weighted by Crippen LogP contribution is 2.41. The molecule has 1 atom stereocenters. The van der Waals surface area contributed by atoms with Crippen LogP contribution in [-0.2, 0) is 9.59 Å². The van der Waals surface area contributed by atoms with Gasteiger partial charge in [-0.05, 0) is 30.5 Å². The molecule has 23 heavy (non-hydrogen) atoms. The summed E-state index contributed by atoms with van der Waals surface area (Å²) in [6.07, 6.45) is 8.77. The largest absolute Gasteiger partial charge is 0.503 e. The minimum Gasteiger partial charge on any atom is -0.503 e. The van der Waals surface area contributed by atoms with Crippen LogP contribution in [0.1, 0.15) is 57.1 Å². The zero-order chi connectivity index (χ0) is 16.4. The molecule has 1 N–H and O–H groups in total. The van der Waals surface area contributed by atoms with Crippen LogP contribution in [0.2, 0.25) is 0 Å². The van der Waals surface area contributed by atoms with Crippen molar-refractivity contribution in [2.45, 2.75) is 57.5 Å².